The SMILES string of the molecule is Brc1ncnn1Cc1cc(CC2CC2)no1. The van der Waals surface area contributed by atoms with E-state index in [2.05, 4.69) is 31.2 Å². The van der Waals surface area contributed by atoms with Crippen LogP contribution in [-0.2, 0) is 13.0 Å². The molecule has 84 valence electrons. The van der Waals surface area contributed by atoms with E-state index in [0.717, 1.165) is 23.8 Å². The number of hydrogen-bond donors (Lipinski definition) is 0. The fraction of sp³-hybridized carbons (Fsp3) is 0.500. The Balaban J connectivity index is 1.70. The van der Waals surface area contributed by atoms with Gasteiger partial charge >= 0.3 is 0 Å². The second-order valence-corrected chi connectivity index (χ2v) is 4.83. The predicted molar refractivity (Wildman–Crippen MR) is 59.8 cm³/mol. The van der Waals surface area contributed by atoms with E-state index in [9.17, 15) is 0 Å². The van der Waals surface area contributed by atoms with Crippen LogP contribution < -0.4 is 0 Å². The molecule has 2 heterocycles. The number of halogens is 1. The lowest BCUT2D eigenvalue weighted by atomic mass is 10.2. The number of rotatable bonds is 4. The third-order valence-electron chi connectivity index (χ3n) is 2.68. The molecule has 5 nitrogen and oxygen atoms in total. The minimum atomic E-state index is 0.568. The maximum atomic E-state index is 5.26. The Labute approximate surface area is 101 Å². The molecule has 2 aromatic rings. The van der Waals surface area contributed by atoms with Crippen LogP contribution in [0.1, 0.15) is 24.3 Å². The van der Waals surface area contributed by atoms with E-state index in [0.29, 0.717) is 11.3 Å². The lowest BCUT2D eigenvalue weighted by Crippen LogP contribution is -2.00. The van der Waals surface area contributed by atoms with E-state index >= 15 is 0 Å². The van der Waals surface area contributed by atoms with Gasteiger partial charge in [-0.15, -0.1) is 0 Å². The number of hydrogen-bond acceptors (Lipinski definition) is 4. The highest BCUT2D eigenvalue weighted by Crippen LogP contribution is 2.32. The first-order valence-corrected chi connectivity index (χ1v) is 6.08. The van der Waals surface area contributed by atoms with Crippen molar-refractivity contribution in [3.05, 3.63) is 28.6 Å². The molecule has 3 rings (SSSR count). The Bertz CT molecular complexity index is 488. The van der Waals surface area contributed by atoms with Gasteiger partial charge in [0.1, 0.15) is 12.9 Å². The second kappa shape index (κ2) is 4.01. The molecule has 0 bridgehead atoms. The van der Waals surface area contributed by atoms with Gasteiger partial charge < -0.3 is 4.52 Å². The normalized spacial score (nSPS) is 15.6. The monoisotopic (exact) mass is 282 g/mol. The van der Waals surface area contributed by atoms with Crippen molar-refractivity contribution < 1.29 is 4.52 Å². The van der Waals surface area contributed by atoms with Crippen LogP contribution in [-0.4, -0.2) is 19.9 Å². The van der Waals surface area contributed by atoms with Gasteiger partial charge in [0.25, 0.3) is 0 Å². The first kappa shape index (κ1) is 10.0. The van der Waals surface area contributed by atoms with Gasteiger partial charge in [-0.2, -0.15) is 5.10 Å². The van der Waals surface area contributed by atoms with Gasteiger partial charge in [0.2, 0.25) is 0 Å². The first-order chi connectivity index (χ1) is 7.81. The van der Waals surface area contributed by atoms with Crippen molar-refractivity contribution in [2.24, 2.45) is 5.92 Å². The molecule has 0 N–H and O–H groups in total. The number of nitrogens with zero attached hydrogens (tertiary/aromatic N) is 4. The lowest BCUT2D eigenvalue weighted by molar-refractivity contribution is 0.364. The van der Waals surface area contributed by atoms with Crippen LogP contribution in [0.15, 0.2) is 21.7 Å². The maximum Gasteiger partial charge on any atom is 0.195 e. The third kappa shape index (κ3) is 2.16. The van der Waals surface area contributed by atoms with Crippen LogP contribution in [0, 0.1) is 5.92 Å². The average Bonchev–Trinajstić information content (AvgIpc) is 2.82. The van der Waals surface area contributed by atoms with Crippen LogP contribution in [0.2, 0.25) is 0 Å². The molecule has 0 amide bonds. The fourth-order valence-corrected chi connectivity index (χ4v) is 1.96. The standard InChI is InChI=1S/C10H11BrN4O/c11-10-12-6-13-15(10)5-9-4-8(14-16-9)3-7-1-2-7/h4,6-7H,1-3,5H2. The maximum absolute atomic E-state index is 5.26. The van der Waals surface area contributed by atoms with Gasteiger partial charge in [-0.05, 0) is 41.1 Å². The first-order valence-electron chi connectivity index (χ1n) is 5.29. The highest BCUT2D eigenvalue weighted by atomic mass is 79.9. The van der Waals surface area contributed by atoms with E-state index in [-0.39, 0.29) is 0 Å². The largest absolute Gasteiger partial charge is 0.359 e. The zero-order valence-electron chi connectivity index (χ0n) is 8.64. The molecule has 0 aliphatic heterocycles. The molecule has 2 aromatic heterocycles. The Morgan fingerprint density at radius 2 is 2.38 bits per heavy atom. The van der Waals surface area contributed by atoms with Crippen molar-refractivity contribution in [1.82, 2.24) is 19.9 Å². The molecule has 16 heavy (non-hydrogen) atoms. The van der Waals surface area contributed by atoms with E-state index in [1.807, 2.05) is 6.07 Å². The molecule has 6 heteroatoms. The van der Waals surface area contributed by atoms with Crippen LogP contribution in [0.3, 0.4) is 0 Å². The van der Waals surface area contributed by atoms with Crippen LogP contribution in [0.25, 0.3) is 0 Å². The summed E-state index contributed by atoms with van der Waals surface area (Å²) in [4.78, 5) is 3.98. The van der Waals surface area contributed by atoms with E-state index in [1.54, 1.807) is 4.68 Å². The molecule has 1 saturated carbocycles. The fourth-order valence-electron chi connectivity index (χ4n) is 1.65. The summed E-state index contributed by atoms with van der Waals surface area (Å²) in [5.74, 6) is 1.65. The van der Waals surface area contributed by atoms with E-state index < -0.39 is 0 Å². The second-order valence-electron chi connectivity index (χ2n) is 4.12. The minimum absolute atomic E-state index is 0.568. The summed E-state index contributed by atoms with van der Waals surface area (Å²) in [6.07, 6.45) is 5.21. The molecule has 0 spiro atoms. The molecule has 1 fully saturated rings. The zero-order valence-corrected chi connectivity index (χ0v) is 10.2. The van der Waals surface area contributed by atoms with Crippen LogP contribution in [0.4, 0.5) is 0 Å². The summed E-state index contributed by atoms with van der Waals surface area (Å²) in [5.41, 5.74) is 1.05. The van der Waals surface area contributed by atoms with Crippen LogP contribution in [0.5, 0.6) is 0 Å². The molecule has 1 aliphatic carbocycles. The summed E-state index contributed by atoms with van der Waals surface area (Å²) in [5, 5.41) is 8.12. The minimum Gasteiger partial charge on any atom is -0.359 e. The van der Waals surface area contributed by atoms with Crippen molar-refractivity contribution in [1.29, 1.82) is 0 Å². The summed E-state index contributed by atoms with van der Waals surface area (Å²) in [6, 6.07) is 2.01. The van der Waals surface area contributed by atoms with Crippen LogP contribution >= 0.6 is 15.9 Å². The summed E-state index contributed by atoms with van der Waals surface area (Å²) in [6.45, 7) is 0.568. The molecule has 1 aliphatic rings. The van der Waals surface area contributed by atoms with Crippen molar-refractivity contribution in [2.45, 2.75) is 25.8 Å². The molecular weight excluding hydrogens is 272 g/mol. The predicted octanol–water partition coefficient (Wildman–Crippen LogP) is 2.03. The van der Waals surface area contributed by atoms with Gasteiger partial charge in [-0.25, -0.2) is 9.67 Å². The number of aromatic nitrogens is 4. The Hall–Kier alpha value is -1.17. The van der Waals surface area contributed by atoms with Crippen molar-refractivity contribution in [2.75, 3.05) is 0 Å². The van der Waals surface area contributed by atoms with Crippen molar-refractivity contribution >= 4 is 15.9 Å². The third-order valence-corrected chi connectivity index (χ3v) is 3.29. The highest BCUT2D eigenvalue weighted by molar-refractivity contribution is 9.10. The molecule has 0 unspecified atom stereocenters. The van der Waals surface area contributed by atoms with E-state index in [4.69, 9.17) is 4.52 Å². The van der Waals surface area contributed by atoms with Gasteiger partial charge in [-0.1, -0.05) is 5.16 Å². The van der Waals surface area contributed by atoms with Crippen molar-refractivity contribution in [3.8, 4) is 0 Å². The molecular formula is C10H11BrN4O. The average molecular weight is 283 g/mol. The van der Waals surface area contributed by atoms with Gasteiger partial charge in [0, 0.05) is 6.07 Å². The molecule has 0 aromatic carbocycles. The summed E-state index contributed by atoms with van der Waals surface area (Å²) >= 11 is 3.31. The van der Waals surface area contributed by atoms with Gasteiger partial charge in [-0.3, -0.25) is 0 Å². The Kier molecular flexibility index (Phi) is 2.51. The molecule has 0 saturated heterocycles. The highest BCUT2D eigenvalue weighted by Gasteiger charge is 2.23. The van der Waals surface area contributed by atoms with Crippen molar-refractivity contribution in [3.63, 3.8) is 0 Å². The topological polar surface area (TPSA) is 56.7 Å². The quantitative estimate of drug-likeness (QED) is 0.861. The van der Waals surface area contributed by atoms with Gasteiger partial charge in [0.15, 0.2) is 10.5 Å². The Morgan fingerprint density at radius 1 is 1.50 bits per heavy atom. The lowest BCUT2D eigenvalue weighted by Gasteiger charge is -1.96. The molecule has 0 radical (unpaired) electrons. The zero-order chi connectivity index (χ0) is 11.0. The smallest absolute Gasteiger partial charge is 0.195 e. The van der Waals surface area contributed by atoms with E-state index in [1.165, 1.54) is 19.2 Å². The Morgan fingerprint density at radius 3 is 3.06 bits per heavy atom. The summed E-state index contributed by atoms with van der Waals surface area (Å²) < 4.78 is 7.69. The van der Waals surface area contributed by atoms with Gasteiger partial charge in [0.05, 0.1) is 5.69 Å². The molecule has 0 atom stereocenters. The summed E-state index contributed by atoms with van der Waals surface area (Å²) in [7, 11) is 0.